The van der Waals surface area contributed by atoms with Gasteiger partial charge in [-0.25, -0.2) is 0 Å². The maximum absolute atomic E-state index is 9.47. The van der Waals surface area contributed by atoms with E-state index in [-0.39, 0.29) is 45.7 Å². The first-order valence-corrected chi connectivity index (χ1v) is 15.5. The Morgan fingerprint density at radius 2 is 0.915 bits per heavy atom. The van der Waals surface area contributed by atoms with Crippen LogP contribution in [0.3, 0.4) is 0 Å². The molecular formula is C46H28O. The van der Waals surface area contributed by atoms with Crippen LogP contribution in [0.2, 0.25) is 0 Å². The van der Waals surface area contributed by atoms with E-state index in [9.17, 15) is 5.48 Å². The molecular weight excluding hydrogens is 569 g/mol. The zero-order chi connectivity index (χ0) is 37.9. The highest BCUT2D eigenvalue weighted by atomic mass is 16.3. The fraction of sp³-hybridized carbons (Fsp3) is 0. The Bertz CT molecular complexity index is 3220. The Kier molecular flexibility index (Phi) is 4.19. The summed E-state index contributed by atoms with van der Waals surface area (Å²) in [4.78, 5) is 0. The Hall–Kier alpha value is -6.18. The lowest BCUT2D eigenvalue weighted by Crippen LogP contribution is -1.93. The van der Waals surface area contributed by atoms with Crippen molar-refractivity contribution < 1.29 is 15.4 Å². The summed E-state index contributed by atoms with van der Waals surface area (Å²) in [5.41, 5.74) is 4.81. The van der Waals surface area contributed by atoms with Crippen LogP contribution < -0.4 is 0 Å². The van der Waals surface area contributed by atoms with Gasteiger partial charge in [-0.05, 0) is 94.7 Å². The predicted molar refractivity (Wildman–Crippen MR) is 200 cm³/mol. The largest absolute Gasteiger partial charge is 0.456 e. The second kappa shape index (κ2) is 10.2. The lowest BCUT2D eigenvalue weighted by molar-refractivity contribution is 0.669. The fourth-order valence-corrected chi connectivity index (χ4v) is 7.27. The molecule has 0 saturated carbocycles. The van der Waals surface area contributed by atoms with Gasteiger partial charge in [0.2, 0.25) is 0 Å². The van der Waals surface area contributed by atoms with Crippen molar-refractivity contribution in [3.8, 4) is 33.4 Å². The fourth-order valence-electron chi connectivity index (χ4n) is 7.27. The molecule has 1 heterocycles. The lowest BCUT2D eigenvalue weighted by atomic mass is 9.83. The van der Waals surface area contributed by atoms with E-state index in [0.717, 1.165) is 49.0 Å². The Labute approximate surface area is 283 Å². The molecule has 1 heteroatoms. The maximum atomic E-state index is 9.47. The molecule has 0 aliphatic heterocycles. The van der Waals surface area contributed by atoms with Crippen molar-refractivity contribution in [2.75, 3.05) is 0 Å². The Morgan fingerprint density at radius 3 is 1.64 bits per heavy atom. The Morgan fingerprint density at radius 1 is 0.383 bits per heavy atom. The molecule has 10 aromatic rings. The second-order valence-corrected chi connectivity index (χ2v) is 11.8. The molecule has 0 atom stereocenters. The highest BCUT2D eigenvalue weighted by molar-refractivity contribution is 6.25. The number of furan rings is 1. The Balaban J connectivity index is 1.41. The molecule has 1 aromatic heterocycles. The van der Waals surface area contributed by atoms with E-state index in [1.165, 1.54) is 0 Å². The minimum atomic E-state index is -0.432. The van der Waals surface area contributed by atoms with Gasteiger partial charge in [0.05, 0.1) is 11.0 Å². The normalized spacial score (nSPS) is 14.2. The van der Waals surface area contributed by atoms with Crippen LogP contribution in [0.5, 0.6) is 0 Å². The number of hydrogen-bond acceptors (Lipinski definition) is 1. The van der Waals surface area contributed by atoms with Crippen molar-refractivity contribution in [1.82, 2.24) is 0 Å². The van der Waals surface area contributed by atoms with Crippen LogP contribution in [-0.4, -0.2) is 0 Å². The van der Waals surface area contributed by atoms with Crippen molar-refractivity contribution in [2.45, 2.75) is 0 Å². The molecule has 0 aliphatic rings. The lowest BCUT2D eigenvalue weighted by Gasteiger charge is -2.20. The first-order valence-electron chi connectivity index (χ1n) is 19.5. The van der Waals surface area contributed by atoms with E-state index < -0.39 is 24.2 Å². The number of rotatable bonds is 3. The van der Waals surface area contributed by atoms with Gasteiger partial charge < -0.3 is 4.42 Å². The summed E-state index contributed by atoms with van der Waals surface area (Å²) in [6.45, 7) is 0. The van der Waals surface area contributed by atoms with Gasteiger partial charge >= 0.3 is 0 Å². The van der Waals surface area contributed by atoms with E-state index in [1.54, 1.807) is 0 Å². The monoisotopic (exact) mass is 604 g/mol. The molecule has 218 valence electrons. The third-order valence-electron chi connectivity index (χ3n) is 9.30. The SMILES string of the molecule is [2H]c1c([2H])c([2H])c2c(-c3cccc4ccccc34)c3c([2H])c([2H])c([2H])c([2H])c3c(-c3ccccc3-c3ccc4oc5ccc6ccccc6c5c4c3)c2c1[2H]. The maximum Gasteiger partial charge on any atom is 0.136 e. The first-order chi connectivity index (χ1) is 26.7. The quantitative estimate of drug-likeness (QED) is 0.183. The van der Waals surface area contributed by atoms with Crippen LogP contribution in [0.4, 0.5) is 0 Å². The average molecular weight is 605 g/mol. The van der Waals surface area contributed by atoms with E-state index in [4.69, 9.17) is 9.90 Å². The summed E-state index contributed by atoms with van der Waals surface area (Å²) in [7, 11) is 0. The van der Waals surface area contributed by atoms with E-state index >= 15 is 0 Å². The highest BCUT2D eigenvalue weighted by Gasteiger charge is 2.20. The number of hydrogen-bond donors (Lipinski definition) is 0. The molecule has 0 unspecified atom stereocenters. The predicted octanol–water partition coefficient (Wildman–Crippen LogP) is 13.2. The van der Waals surface area contributed by atoms with Crippen molar-refractivity contribution >= 4 is 65.0 Å². The first kappa shape index (κ1) is 19.4. The van der Waals surface area contributed by atoms with Crippen molar-refractivity contribution in [3.63, 3.8) is 0 Å². The van der Waals surface area contributed by atoms with Crippen LogP contribution >= 0.6 is 0 Å². The van der Waals surface area contributed by atoms with Crippen LogP contribution in [0, 0.1) is 0 Å². The van der Waals surface area contributed by atoms with Crippen LogP contribution in [0.15, 0.2) is 174 Å². The molecule has 0 saturated heterocycles. The average Bonchev–Trinajstić information content (AvgIpc) is 3.61. The van der Waals surface area contributed by atoms with Gasteiger partial charge in [-0.15, -0.1) is 0 Å². The van der Waals surface area contributed by atoms with Gasteiger partial charge in [0, 0.05) is 10.8 Å². The third kappa shape index (κ3) is 3.90. The molecule has 0 aliphatic carbocycles. The molecule has 0 spiro atoms. The second-order valence-electron chi connectivity index (χ2n) is 11.8. The topological polar surface area (TPSA) is 13.1 Å². The standard InChI is InChI=1S/C46H28O/c1-3-15-32-29(12-1)14-11-23-36(32)45-39-21-9-7-19-37(39)44(38-20-8-10-22-40(38)45)35-18-6-5-16-33(35)31-25-26-42-41(28-31)46-34-17-4-2-13-30(34)24-27-43(46)47-42/h1-28H/i7D,8D,9D,10D,19D,20D,21D,22D. The molecule has 9 aromatic carbocycles. The van der Waals surface area contributed by atoms with Crippen molar-refractivity contribution in [2.24, 2.45) is 0 Å². The third-order valence-corrected chi connectivity index (χ3v) is 9.30. The van der Waals surface area contributed by atoms with Gasteiger partial charge in [-0.3, -0.25) is 0 Å². The van der Waals surface area contributed by atoms with Gasteiger partial charge in [0.25, 0.3) is 0 Å². The molecule has 47 heavy (non-hydrogen) atoms. The van der Waals surface area contributed by atoms with E-state index in [1.807, 2.05) is 103 Å². The molecule has 1 nitrogen and oxygen atoms in total. The van der Waals surface area contributed by atoms with E-state index in [0.29, 0.717) is 27.8 Å². The van der Waals surface area contributed by atoms with Gasteiger partial charge in [-0.1, -0.05) is 151 Å². The summed E-state index contributed by atoms with van der Waals surface area (Å²) in [5.74, 6) is 0. The van der Waals surface area contributed by atoms with Crippen LogP contribution in [-0.2, 0) is 0 Å². The summed E-state index contributed by atoms with van der Waals surface area (Å²) < 4.78 is 79.6. The van der Waals surface area contributed by atoms with Gasteiger partial charge in [-0.2, -0.15) is 0 Å². The number of benzene rings is 9. The molecule has 0 amide bonds. The number of fused-ring (bicyclic) bond motifs is 8. The molecule has 0 fully saturated rings. The minimum absolute atomic E-state index is 0.180. The zero-order valence-corrected chi connectivity index (χ0v) is 25.0. The van der Waals surface area contributed by atoms with E-state index in [2.05, 4.69) is 18.2 Å². The zero-order valence-electron chi connectivity index (χ0n) is 33.0. The summed E-state index contributed by atoms with van der Waals surface area (Å²) in [5, 5.41) is 6.42. The molecule has 0 N–H and O–H groups in total. The highest BCUT2D eigenvalue weighted by Crippen LogP contribution is 2.47. The van der Waals surface area contributed by atoms with Crippen molar-refractivity contribution in [3.05, 3.63) is 170 Å². The van der Waals surface area contributed by atoms with Gasteiger partial charge in [0.1, 0.15) is 11.2 Å². The summed E-state index contributed by atoms with van der Waals surface area (Å²) >= 11 is 0. The smallest absolute Gasteiger partial charge is 0.136 e. The molecule has 0 bridgehead atoms. The summed E-state index contributed by atoms with van der Waals surface area (Å²) in [6.07, 6.45) is 0. The van der Waals surface area contributed by atoms with Crippen LogP contribution in [0.1, 0.15) is 11.0 Å². The summed E-state index contributed by atoms with van der Waals surface area (Å²) in [6, 6.07) is 36.0. The molecule has 0 radical (unpaired) electrons. The van der Waals surface area contributed by atoms with Crippen LogP contribution in [0.25, 0.3) is 98.4 Å². The van der Waals surface area contributed by atoms with Crippen molar-refractivity contribution in [1.29, 1.82) is 0 Å². The minimum Gasteiger partial charge on any atom is -0.456 e. The molecule has 10 rings (SSSR count). The van der Waals surface area contributed by atoms with Gasteiger partial charge in [0.15, 0.2) is 0 Å².